The van der Waals surface area contributed by atoms with Gasteiger partial charge in [0, 0.05) is 84.8 Å². The smallest absolute Gasteiger partial charge is 0.220 e. The molecule has 0 fully saturated rings. The largest absolute Gasteiger partial charge is 0.481 e. The zero-order valence-electron chi connectivity index (χ0n) is 28.2. The van der Waals surface area contributed by atoms with E-state index in [1.54, 1.807) is 12.1 Å². The highest BCUT2D eigenvalue weighted by atomic mass is 35.5. The molecule has 14 heteroatoms. The second-order valence-corrected chi connectivity index (χ2v) is 12.0. The lowest BCUT2D eigenvalue weighted by molar-refractivity contribution is 0.154. The highest BCUT2D eigenvalue weighted by Crippen LogP contribution is 2.37. The first-order chi connectivity index (χ1) is 24.3. The lowest BCUT2D eigenvalue weighted by Crippen LogP contribution is -2.29. The van der Waals surface area contributed by atoms with Gasteiger partial charge >= 0.3 is 0 Å². The summed E-state index contributed by atoms with van der Waals surface area (Å²) in [5, 5.41) is 38.3. The Hall–Kier alpha value is -3.72. The third kappa shape index (κ3) is 10.6. The summed E-state index contributed by atoms with van der Waals surface area (Å²) in [6, 6.07) is 18.5. The summed E-state index contributed by atoms with van der Waals surface area (Å²) >= 11 is 13.8. The Morgan fingerprint density at radius 3 is 1.26 bits per heavy atom. The number of halogens is 2. The van der Waals surface area contributed by atoms with Crippen LogP contribution in [0.15, 0.2) is 60.7 Å². The Bertz CT molecular complexity index is 1530. The van der Waals surface area contributed by atoms with Crippen molar-refractivity contribution < 1.29 is 39.4 Å². The van der Waals surface area contributed by atoms with Gasteiger partial charge in [-0.3, -0.25) is 9.80 Å². The van der Waals surface area contributed by atoms with Crippen LogP contribution in [0.3, 0.4) is 0 Å². The normalized spacial score (nSPS) is 11.3. The number of rotatable bonds is 21. The number of nitrogens with zero attached hydrogens (tertiary/aromatic N) is 4. The van der Waals surface area contributed by atoms with Crippen molar-refractivity contribution in [2.75, 3.05) is 66.8 Å². The second-order valence-electron chi connectivity index (χ2n) is 11.2. The topological polar surface area (TPSA) is 150 Å². The minimum absolute atomic E-state index is 0.0256. The summed E-state index contributed by atoms with van der Waals surface area (Å²) in [5.74, 6) is 1.49. The number of pyridine rings is 2. The molecule has 50 heavy (non-hydrogen) atoms. The standard InChI is InChI=1S/C36H44Cl2N4O8/c1-47-35-25(21-41(13-17-43)14-18-44)9-11-31(39-35)49-23-27-5-3-7-29(33(27)37)30-8-4-6-28(34(30)38)24-50-32-12-10-26(36(40-32)48-2)22-42(15-19-45)16-20-46/h3-12,43-46H,13-24H2,1-2H3. The van der Waals surface area contributed by atoms with Crippen LogP contribution in [0.4, 0.5) is 0 Å². The van der Waals surface area contributed by atoms with Gasteiger partial charge in [0.1, 0.15) is 13.2 Å². The van der Waals surface area contributed by atoms with E-state index in [2.05, 4.69) is 9.97 Å². The van der Waals surface area contributed by atoms with Crippen LogP contribution in [-0.2, 0) is 26.3 Å². The van der Waals surface area contributed by atoms with E-state index in [1.807, 2.05) is 58.3 Å². The van der Waals surface area contributed by atoms with Crippen molar-refractivity contribution in [3.8, 4) is 34.6 Å². The number of aliphatic hydroxyl groups excluding tert-OH is 4. The first kappa shape index (κ1) is 39.1. The maximum absolute atomic E-state index is 9.34. The number of ether oxygens (including phenoxy) is 4. The van der Waals surface area contributed by atoms with Crippen LogP contribution in [0.1, 0.15) is 22.3 Å². The second kappa shape index (κ2) is 20.2. The molecule has 0 bridgehead atoms. The van der Waals surface area contributed by atoms with E-state index in [4.69, 9.17) is 42.1 Å². The summed E-state index contributed by atoms with van der Waals surface area (Å²) in [6.45, 7) is 2.74. The number of methoxy groups -OCH3 is 2. The molecule has 4 N–H and O–H groups in total. The summed E-state index contributed by atoms with van der Waals surface area (Å²) in [7, 11) is 3.06. The van der Waals surface area contributed by atoms with Gasteiger partial charge in [0.25, 0.3) is 0 Å². The zero-order valence-corrected chi connectivity index (χ0v) is 29.7. The molecular weight excluding hydrogens is 687 g/mol. The lowest BCUT2D eigenvalue weighted by atomic mass is 10.0. The Morgan fingerprint density at radius 2 is 0.920 bits per heavy atom. The summed E-state index contributed by atoms with van der Waals surface area (Å²) in [4.78, 5) is 12.8. The van der Waals surface area contributed by atoms with Gasteiger partial charge in [0.2, 0.25) is 23.5 Å². The Balaban J connectivity index is 1.45. The van der Waals surface area contributed by atoms with Crippen molar-refractivity contribution >= 4 is 23.2 Å². The zero-order chi connectivity index (χ0) is 35.9. The molecule has 2 aromatic carbocycles. The number of hydrogen-bond donors (Lipinski definition) is 4. The van der Waals surface area contributed by atoms with Crippen LogP contribution in [0.25, 0.3) is 11.1 Å². The monoisotopic (exact) mass is 730 g/mol. The van der Waals surface area contributed by atoms with E-state index in [1.165, 1.54) is 14.2 Å². The summed E-state index contributed by atoms with van der Waals surface area (Å²) < 4.78 is 23.0. The highest BCUT2D eigenvalue weighted by molar-refractivity contribution is 6.37. The molecule has 0 atom stereocenters. The van der Waals surface area contributed by atoms with Crippen molar-refractivity contribution in [1.82, 2.24) is 19.8 Å². The van der Waals surface area contributed by atoms with Crippen LogP contribution >= 0.6 is 23.2 Å². The molecular formula is C36H44Cl2N4O8. The van der Waals surface area contributed by atoms with Crippen molar-refractivity contribution in [2.24, 2.45) is 0 Å². The van der Waals surface area contributed by atoms with Gasteiger partial charge in [-0.25, -0.2) is 0 Å². The third-order valence-corrected chi connectivity index (χ3v) is 8.76. The van der Waals surface area contributed by atoms with Crippen molar-refractivity contribution in [2.45, 2.75) is 26.3 Å². The Labute approximate surface area is 302 Å². The van der Waals surface area contributed by atoms with E-state index < -0.39 is 0 Å². The Morgan fingerprint density at radius 1 is 0.540 bits per heavy atom. The molecule has 0 saturated heterocycles. The number of aromatic nitrogens is 2. The van der Waals surface area contributed by atoms with Gasteiger partial charge in [0.05, 0.1) is 50.7 Å². The molecule has 0 aliphatic rings. The van der Waals surface area contributed by atoms with Gasteiger partial charge in [-0.1, -0.05) is 59.6 Å². The molecule has 4 aromatic rings. The van der Waals surface area contributed by atoms with Crippen molar-refractivity contribution in [3.63, 3.8) is 0 Å². The molecule has 0 saturated carbocycles. The molecule has 2 heterocycles. The number of benzene rings is 2. The van der Waals surface area contributed by atoms with E-state index in [0.29, 0.717) is 72.8 Å². The van der Waals surface area contributed by atoms with E-state index in [0.717, 1.165) is 33.4 Å². The fraction of sp³-hybridized carbons (Fsp3) is 0.389. The van der Waals surface area contributed by atoms with Crippen LogP contribution in [-0.4, -0.2) is 107 Å². The van der Waals surface area contributed by atoms with Gasteiger partial charge in [-0.05, 0) is 12.1 Å². The predicted octanol–water partition coefficient (Wildman–Crippen LogP) is 4.20. The predicted molar refractivity (Wildman–Crippen MR) is 191 cm³/mol. The maximum atomic E-state index is 9.34. The highest BCUT2D eigenvalue weighted by Gasteiger charge is 2.17. The molecule has 4 rings (SSSR count). The molecule has 0 spiro atoms. The minimum Gasteiger partial charge on any atom is -0.481 e. The van der Waals surface area contributed by atoms with E-state index >= 15 is 0 Å². The fourth-order valence-electron chi connectivity index (χ4n) is 5.35. The van der Waals surface area contributed by atoms with E-state index in [9.17, 15) is 20.4 Å². The first-order valence-corrected chi connectivity index (χ1v) is 16.9. The molecule has 0 unspecified atom stereocenters. The van der Waals surface area contributed by atoms with Crippen LogP contribution in [0.2, 0.25) is 10.0 Å². The first-order valence-electron chi connectivity index (χ1n) is 16.1. The molecule has 270 valence electrons. The number of aliphatic hydroxyl groups is 4. The average Bonchev–Trinajstić information content (AvgIpc) is 3.12. The fourth-order valence-corrected chi connectivity index (χ4v) is 5.91. The van der Waals surface area contributed by atoms with Crippen LogP contribution < -0.4 is 18.9 Å². The number of hydrogen-bond acceptors (Lipinski definition) is 12. The van der Waals surface area contributed by atoms with Crippen molar-refractivity contribution in [1.29, 1.82) is 0 Å². The minimum atomic E-state index is -0.0256. The summed E-state index contributed by atoms with van der Waals surface area (Å²) in [5.41, 5.74) is 4.52. The van der Waals surface area contributed by atoms with Gasteiger partial charge in [-0.15, -0.1) is 0 Å². The van der Waals surface area contributed by atoms with E-state index in [-0.39, 0.29) is 39.6 Å². The van der Waals surface area contributed by atoms with Crippen molar-refractivity contribution in [3.05, 3.63) is 93.0 Å². The SMILES string of the molecule is COc1nc(OCc2cccc(-c3cccc(COc4ccc(CN(CCO)CCO)c(OC)n4)c3Cl)c2Cl)ccc1CN(CCO)CCO. The summed E-state index contributed by atoms with van der Waals surface area (Å²) in [6.07, 6.45) is 0. The molecule has 12 nitrogen and oxygen atoms in total. The quantitative estimate of drug-likeness (QED) is 0.0974. The van der Waals surface area contributed by atoms with Gasteiger partial charge < -0.3 is 39.4 Å². The average molecular weight is 732 g/mol. The lowest BCUT2D eigenvalue weighted by Gasteiger charge is -2.21. The molecule has 0 aliphatic carbocycles. The Kier molecular flexibility index (Phi) is 15.8. The van der Waals surface area contributed by atoms with Crippen LogP contribution in [0.5, 0.6) is 23.5 Å². The molecule has 0 amide bonds. The molecule has 0 aliphatic heterocycles. The molecule has 2 aromatic heterocycles. The third-order valence-electron chi connectivity index (χ3n) is 7.87. The molecule has 0 radical (unpaired) electrons. The van der Waals surface area contributed by atoms with Crippen LogP contribution in [0, 0.1) is 0 Å². The van der Waals surface area contributed by atoms with Gasteiger partial charge in [0.15, 0.2) is 0 Å². The van der Waals surface area contributed by atoms with Gasteiger partial charge in [-0.2, -0.15) is 9.97 Å². The maximum Gasteiger partial charge on any atom is 0.220 e.